The zero-order chi connectivity index (χ0) is 16.6. The predicted octanol–water partition coefficient (Wildman–Crippen LogP) is 0.286. The van der Waals surface area contributed by atoms with Gasteiger partial charge >= 0.3 is 0 Å². The molecule has 0 aromatic carbocycles. The molecule has 1 aliphatic rings. The van der Waals surface area contributed by atoms with Gasteiger partial charge < -0.3 is 4.42 Å². The third-order valence-corrected chi connectivity index (χ3v) is 6.51. The average molecular weight is 351 g/mol. The fraction of sp³-hybridized carbons (Fsp3) is 0.750. The molecule has 0 unspecified atom stereocenters. The minimum absolute atomic E-state index is 0.00683. The smallest absolute Gasteiger partial charge is 0.275 e. The molecule has 1 fully saturated rings. The van der Waals surface area contributed by atoms with Gasteiger partial charge in [-0.1, -0.05) is 20.8 Å². The number of nitrogens with one attached hydrogen (secondary N) is 1. The number of sulfonamides is 2. The molecule has 1 aromatic rings. The second-order valence-corrected chi connectivity index (χ2v) is 9.99. The van der Waals surface area contributed by atoms with Crippen molar-refractivity contribution in [1.29, 1.82) is 0 Å². The van der Waals surface area contributed by atoms with Crippen LogP contribution in [0.25, 0.3) is 0 Å². The van der Waals surface area contributed by atoms with Crippen molar-refractivity contribution < 1.29 is 21.3 Å². The minimum Gasteiger partial charge on any atom is -0.427 e. The van der Waals surface area contributed by atoms with Gasteiger partial charge in [0.1, 0.15) is 0 Å². The van der Waals surface area contributed by atoms with E-state index in [1.165, 1.54) is 4.31 Å². The van der Waals surface area contributed by atoms with E-state index < -0.39 is 25.5 Å². The molecule has 0 saturated carbocycles. The van der Waals surface area contributed by atoms with Crippen LogP contribution in [-0.4, -0.2) is 51.5 Å². The van der Waals surface area contributed by atoms with Gasteiger partial charge in [0.2, 0.25) is 15.9 Å². The van der Waals surface area contributed by atoms with Gasteiger partial charge in [0.05, 0.1) is 11.9 Å². The number of nitrogens with zero attached hydrogens (tertiary/aromatic N) is 2. The molecule has 10 heteroatoms. The number of aromatic nitrogens is 1. The van der Waals surface area contributed by atoms with E-state index in [9.17, 15) is 16.8 Å². The molecule has 2 rings (SSSR count). The van der Waals surface area contributed by atoms with Gasteiger partial charge in [-0.3, -0.25) is 0 Å². The van der Waals surface area contributed by atoms with Crippen molar-refractivity contribution in [3.05, 3.63) is 12.1 Å². The molecule has 1 aromatic heterocycles. The maximum absolute atomic E-state index is 12.1. The Morgan fingerprint density at radius 3 is 2.59 bits per heavy atom. The van der Waals surface area contributed by atoms with Crippen molar-refractivity contribution in [1.82, 2.24) is 14.0 Å². The highest BCUT2D eigenvalue weighted by Crippen LogP contribution is 2.23. The SMILES string of the molecule is CC(C)(C)c1ncc(S(=O)(=O)NCCN2CCCS2(=O)=O)o1. The van der Waals surface area contributed by atoms with Crippen LogP contribution in [0.5, 0.6) is 0 Å². The highest BCUT2D eigenvalue weighted by molar-refractivity contribution is 7.89. The lowest BCUT2D eigenvalue weighted by molar-refractivity contribution is 0.342. The predicted molar refractivity (Wildman–Crippen MR) is 80.4 cm³/mol. The van der Waals surface area contributed by atoms with Crippen molar-refractivity contribution in [2.24, 2.45) is 0 Å². The molecule has 0 amide bonds. The largest absolute Gasteiger partial charge is 0.427 e. The van der Waals surface area contributed by atoms with Crippen LogP contribution in [0.15, 0.2) is 15.7 Å². The molecule has 0 bridgehead atoms. The monoisotopic (exact) mass is 351 g/mol. The van der Waals surface area contributed by atoms with Gasteiger partial charge in [0.25, 0.3) is 15.1 Å². The minimum atomic E-state index is -3.83. The molecule has 8 nitrogen and oxygen atoms in total. The Kier molecular flexibility index (Phi) is 4.67. The average Bonchev–Trinajstić information content (AvgIpc) is 2.96. The number of hydrogen-bond donors (Lipinski definition) is 1. The van der Waals surface area contributed by atoms with Gasteiger partial charge in [-0.2, -0.15) is 0 Å². The Morgan fingerprint density at radius 1 is 1.41 bits per heavy atom. The van der Waals surface area contributed by atoms with Crippen LogP contribution >= 0.6 is 0 Å². The summed E-state index contributed by atoms with van der Waals surface area (Å²) in [5.74, 6) is 0.451. The highest BCUT2D eigenvalue weighted by Gasteiger charge is 2.29. The van der Waals surface area contributed by atoms with E-state index in [0.717, 1.165) is 6.20 Å². The second-order valence-electron chi connectivity index (χ2n) is 6.20. The van der Waals surface area contributed by atoms with Crippen LogP contribution in [0.4, 0.5) is 0 Å². The molecule has 126 valence electrons. The molecular weight excluding hydrogens is 330 g/mol. The summed E-state index contributed by atoms with van der Waals surface area (Å²) in [6.45, 7) is 6.12. The molecule has 2 heterocycles. The topological polar surface area (TPSA) is 110 Å². The summed E-state index contributed by atoms with van der Waals surface area (Å²) >= 11 is 0. The van der Waals surface area contributed by atoms with Crippen LogP contribution in [0.2, 0.25) is 0 Å². The summed E-state index contributed by atoms with van der Waals surface area (Å²) < 4.78 is 56.3. The summed E-state index contributed by atoms with van der Waals surface area (Å²) in [6.07, 6.45) is 1.74. The quantitative estimate of drug-likeness (QED) is 0.816. The van der Waals surface area contributed by atoms with Gasteiger partial charge in [-0.15, -0.1) is 0 Å². The van der Waals surface area contributed by atoms with E-state index in [1.807, 2.05) is 20.8 Å². The fourth-order valence-electron chi connectivity index (χ4n) is 2.05. The van der Waals surface area contributed by atoms with E-state index in [-0.39, 0.29) is 23.9 Å². The Labute approximate surface area is 131 Å². The molecule has 1 saturated heterocycles. The molecule has 22 heavy (non-hydrogen) atoms. The maximum atomic E-state index is 12.1. The van der Waals surface area contributed by atoms with Crippen LogP contribution in [0, 0.1) is 0 Å². The third-order valence-electron chi connectivity index (χ3n) is 3.25. The maximum Gasteiger partial charge on any atom is 0.275 e. The summed E-state index contributed by atoms with van der Waals surface area (Å²) in [5, 5.41) is -0.262. The number of oxazole rings is 1. The molecule has 1 N–H and O–H groups in total. The molecule has 0 atom stereocenters. The summed E-state index contributed by atoms with van der Waals surface area (Å²) in [5.41, 5.74) is -0.391. The zero-order valence-electron chi connectivity index (χ0n) is 12.9. The van der Waals surface area contributed by atoms with Gasteiger partial charge in [0.15, 0.2) is 0 Å². The van der Waals surface area contributed by atoms with Crippen LogP contribution in [-0.2, 0) is 25.5 Å². The fourth-order valence-corrected chi connectivity index (χ4v) is 4.46. The van der Waals surface area contributed by atoms with Crippen molar-refractivity contribution in [2.45, 2.75) is 37.7 Å². The van der Waals surface area contributed by atoms with E-state index in [2.05, 4.69) is 9.71 Å². The first-order valence-corrected chi connectivity index (χ1v) is 10.1. The zero-order valence-corrected chi connectivity index (χ0v) is 14.5. The van der Waals surface area contributed by atoms with Crippen molar-refractivity contribution >= 4 is 20.0 Å². The van der Waals surface area contributed by atoms with E-state index >= 15 is 0 Å². The van der Waals surface area contributed by atoms with Crippen molar-refractivity contribution in [3.8, 4) is 0 Å². The Hall–Kier alpha value is -0.970. The summed E-state index contributed by atoms with van der Waals surface area (Å²) in [6, 6.07) is 0. The lowest BCUT2D eigenvalue weighted by atomic mass is 9.97. The van der Waals surface area contributed by atoms with Crippen LogP contribution in [0.1, 0.15) is 33.1 Å². The molecule has 0 aliphatic carbocycles. The normalized spacial score (nSPS) is 19.6. The number of rotatable bonds is 5. The van der Waals surface area contributed by atoms with Crippen molar-refractivity contribution in [3.63, 3.8) is 0 Å². The first-order chi connectivity index (χ1) is 10.0. The van der Waals surface area contributed by atoms with E-state index in [1.54, 1.807) is 0 Å². The van der Waals surface area contributed by atoms with Gasteiger partial charge in [-0.05, 0) is 6.42 Å². The van der Waals surface area contributed by atoms with Crippen molar-refractivity contribution in [2.75, 3.05) is 25.4 Å². The van der Waals surface area contributed by atoms with Crippen LogP contribution < -0.4 is 4.72 Å². The van der Waals surface area contributed by atoms with Gasteiger partial charge in [0, 0.05) is 25.0 Å². The molecule has 1 aliphatic heterocycles. The summed E-state index contributed by atoms with van der Waals surface area (Å²) in [7, 11) is -7.05. The first-order valence-electron chi connectivity index (χ1n) is 6.96. The lowest BCUT2D eigenvalue weighted by Crippen LogP contribution is -2.35. The molecule has 0 spiro atoms. The third kappa shape index (κ3) is 3.86. The Bertz CT molecular complexity index is 731. The van der Waals surface area contributed by atoms with Gasteiger partial charge in [-0.25, -0.2) is 30.8 Å². The van der Waals surface area contributed by atoms with E-state index in [0.29, 0.717) is 18.9 Å². The Morgan fingerprint density at radius 2 is 2.09 bits per heavy atom. The first kappa shape index (κ1) is 17.4. The number of hydrogen-bond acceptors (Lipinski definition) is 6. The second kappa shape index (κ2) is 5.91. The standard InChI is InChI=1S/C12H21N3O5S2/c1-12(2,3)11-13-9-10(20-11)22(18,19)14-5-7-15-6-4-8-21(15,16)17/h9,14H,4-8H2,1-3H3. The molecular formula is C12H21N3O5S2. The van der Waals surface area contributed by atoms with Crippen LogP contribution in [0.3, 0.4) is 0 Å². The van der Waals surface area contributed by atoms with E-state index in [4.69, 9.17) is 4.42 Å². The lowest BCUT2D eigenvalue weighted by Gasteiger charge is -2.14. The summed E-state index contributed by atoms with van der Waals surface area (Å²) in [4.78, 5) is 3.97. The highest BCUT2D eigenvalue weighted by atomic mass is 32.2. The molecule has 0 radical (unpaired) electrons. The Balaban J connectivity index is 1.98.